The number of aliphatic imine (C=N–C) groups is 1. The van der Waals surface area contributed by atoms with Crippen LogP contribution in [0.4, 0.5) is 86.0 Å². The maximum absolute atomic E-state index is 11.8. The molecule has 0 bridgehead atoms. The van der Waals surface area contributed by atoms with Crippen molar-refractivity contribution in [3.8, 4) is 0 Å². The molecule has 0 aliphatic heterocycles. The van der Waals surface area contributed by atoms with Gasteiger partial charge in [-0.15, -0.1) is 20.4 Å². The molecule has 3 N–H and O–H groups in total. The van der Waals surface area contributed by atoms with Gasteiger partial charge in [-0.25, -0.2) is 28.6 Å². The Bertz CT molecular complexity index is 6850. The smallest absolute Gasteiger partial charge is 0.356 e. The number of pyridine rings is 7. The van der Waals surface area contributed by atoms with Gasteiger partial charge in [0.15, 0.2) is 11.0 Å². The molecule has 0 saturated heterocycles. The number of carbonyl (C=O) groups is 1. The van der Waals surface area contributed by atoms with E-state index in [0.29, 0.717) is 97.9 Å². The number of halogens is 1. The number of aromatic nitrogens is 7. The van der Waals surface area contributed by atoms with Gasteiger partial charge in [0.1, 0.15) is 46.0 Å². The predicted molar refractivity (Wildman–Crippen MR) is 550 cm³/mol. The molecule has 6 aromatic carbocycles. The zero-order valence-corrected chi connectivity index (χ0v) is 82.3. The van der Waals surface area contributed by atoms with Gasteiger partial charge in [0.05, 0.1) is 72.0 Å². The molecule has 2 aliphatic carbocycles. The largest absolute Gasteiger partial charge is 0.710 e. The molecular weight excluding hydrogens is 1790 g/mol. The first-order valence-corrected chi connectivity index (χ1v) is 43.8. The Kier molecular flexibility index (Phi) is 39.1. The van der Waals surface area contributed by atoms with Gasteiger partial charge in [-0.3, -0.25) is 4.79 Å². The number of allylic oxidation sites excluding steroid dienone is 5. The molecule has 38 heteroatoms. The van der Waals surface area contributed by atoms with Crippen LogP contribution in [0.1, 0.15) is 57.3 Å². The quantitative estimate of drug-likeness (QED) is 0.0180. The fraction of sp³-hybridized carbons (Fsp3) is 0.196. The van der Waals surface area contributed by atoms with Crippen LogP contribution < -0.4 is 59.1 Å². The summed E-state index contributed by atoms with van der Waals surface area (Å²) in [5.74, 6) is 1.06. The van der Waals surface area contributed by atoms with Gasteiger partial charge in [0.25, 0.3) is 0 Å². The van der Waals surface area contributed by atoms with Crippen molar-refractivity contribution in [3.63, 3.8) is 0 Å². The van der Waals surface area contributed by atoms with Crippen molar-refractivity contribution in [1.82, 2.24) is 14.4 Å². The molecule has 140 heavy (non-hydrogen) atoms. The number of fused-ring (bicyclic) bond motifs is 1. The first kappa shape index (κ1) is 106. The Morgan fingerprint density at radius 2 is 0.871 bits per heavy atom. The summed E-state index contributed by atoms with van der Waals surface area (Å²) in [6, 6.07) is 71.4. The van der Waals surface area contributed by atoms with Gasteiger partial charge in [-0.2, -0.15) is 9.46 Å². The van der Waals surface area contributed by atoms with Crippen molar-refractivity contribution in [1.29, 1.82) is 5.41 Å². The van der Waals surface area contributed by atoms with Gasteiger partial charge in [0, 0.05) is 173 Å². The Morgan fingerprint density at radius 1 is 0.386 bits per heavy atom. The first-order valence-electron chi connectivity index (χ1n) is 43.4. The molecule has 13 aromatic rings. The minimum atomic E-state index is -0.314. The molecule has 720 valence electrons. The number of hydrogen-bond donors (Lipinski definition) is 3. The summed E-state index contributed by atoms with van der Waals surface area (Å²) >= 11 is 5.68. The van der Waals surface area contributed by atoms with Crippen LogP contribution in [0.3, 0.4) is 0 Å². The second-order valence-corrected chi connectivity index (χ2v) is 32.9. The SMILES string of the molecule is CC(=O)N=C1C=C(N(C)C)C=CC1=NN=c1c(C)cccn1O.CN(C)c1ccc(N=Nc2ccc(Cl)c[n+]2[O-])cc1.Cc1cc(C)[n+]([O-])c(N=Nc2ccc(N(C)C)cc2)c1.Cc1cc(N(C)C)ccc1N=Nc1cccc[n+]1[O-].Cc1ccc(N=Nc2ccc(N(C)C)cc2)[n+]([O-])c1.Cc1ccc[n+]([O-])c1N=Nc1ccc(N(C)C)cc1.Cc1cccc(=NN=C2C=CC(=N)c3ccccc32)n1O. The van der Waals surface area contributed by atoms with E-state index in [4.69, 9.17) is 17.0 Å². The van der Waals surface area contributed by atoms with Crippen LogP contribution in [-0.4, -0.2) is 138 Å². The Morgan fingerprint density at radius 3 is 1.39 bits per heavy atom. The number of likely N-dealkylation sites (N-methyl/N-ethyl adjacent to an activating group) is 1. The average molecular weight is 1910 g/mol. The van der Waals surface area contributed by atoms with Crippen LogP contribution in [0.2, 0.25) is 5.02 Å². The van der Waals surface area contributed by atoms with Crippen molar-refractivity contribution < 1.29 is 38.9 Å². The van der Waals surface area contributed by atoms with Gasteiger partial charge in [0.2, 0.25) is 5.91 Å². The standard InChI is InChI=1S/C16H19N5O2.C16H14N4O.C15H18N4O.3C14H16N4O.C13H13ClN4O/c1-11-6-5-9-21(23)16(11)19-18-14-8-7-13(20(3)4)10-15(14)17-12(2)22;1-11-5-4-8-16(20(11)21)19-18-15-10-9-14(17)12-6-2-3-7-13(12)15;1-11-9-12(2)19(20)15(10-11)17-16-13-5-7-14(8-6-13)18(3)4;1-11-4-9-14(18(19)10-11)16-15-12-5-7-13(8-6-12)17(2)3;1-11-5-4-10-18(19)14(11)16-15-12-6-8-13(9-7-12)17(2)3;1-11-10-12(17(2)3)7-8-13(11)15-16-14-6-4-5-9-18(14)19;1-17(2)12-6-4-11(5-7-12)15-16-13-8-3-10(14)9-18(13)19/h5-10,23H,1-4H3;2-10,17,21H,1H3;5-10H,1-4H3;3*4-10H,1-3H3;3-9H,1-2H3. The highest BCUT2D eigenvalue weighted by Crippen LogP contribution is 2.29. The van der Waals surface area contributed by atoms with Crippen molar-refractivity contribution in [3.05, 3.63) is 396 Å². The van der Waals surface area contributed by atoms with E-state index in [0.717, 1.165) is 98.6 Å². The third kappa shape index (κ3) is 32.2. The fourth-order valence-corrected chi connectivity index (χ4v) is 12.4. The normalized spacial score (nSPS) is 13.0. The van der Waals surface area contributed by atoms with Crippen LogP contribution in [0.25, 0.3) is 0 Å². The van der Waals surface area contributed by atoms with E-state index in [2.05, 4.69) is 76.5 Å². The summed E-state index contributed by atoms with van der Waals surface area (Å²) < 4.78 is 5.37. The van der Waals surface area contributed by atoms with Crippen molar-refractivity contribution in [2.24, 2.45) is 76.5 Å². The number of amides is 1. The van der Waals surface area contributed by atoms with Crippen molar-refractivity contribution in [2.75, 3.05) is 109 Å². The summed E-state index contributed by atoms with van der Waals surface area (Å²) in [7, 11) is 23.6. The lowest BCUT2D eigenvalue weighted by Crippen LogP contribution is -2.30. The number of aryl methyl sites for hydroxylation is 7. The van der Waals surface area contributed by atoms with E-state index < -0.39 is 0 Å². The number of anilines is 5. The molecule has 0 spiro atoms. The number of azo groups is 5. The minimum Gasteiger partial charge on any atom is -0.710 e. The number of benzene rings is 6. The molecular formula is C102H112ClN29O8. The summed E-state index contributed by atoms with van der Waals surface area (Å²) in [4.78, 5) is 27.3. The molecule has 0 radical (unpaired) electrons. The van der Waals surface area contributed by atoms with E-state index in [1.54, 1.807) is 105 Å². The van der Waals surface area contributed by atoms with Crippen LogP contribution in [0.5, 0.6) is 0 Å². The molecule has 15 rings (SSSR count). The Hall–Kier alpha value is -17.8. The molecule has 1 amide bonds. The number of rotatable bonds is 18. The highest BCUT2D eigenvalue weighted by molar-refractivity contribution is 6.52. The lowest BCUT2D eigenvalue weighted by Gasteiger charge is -2.17. The zero-order valence-electron chi connectivity index (χ0n) is 81.5. The van der Waals surface area contributed by atoms with Crippen LogP contribution in [0.15, 0.2) is 380 Å². The molecule has 2 aliphatic rings. The fourth-order valence-electron chi connectivity index (χ4n) is 12.3. The monoisotopic (exact) mass is 1910 g/mol. The zero-order chi connectivity index (χ0) is 102. The van der Waals surface area contributed by atoms with Gasteiger partial charge < -0.3 is 71.3 Å². The maximum Gasteiger partial charge on any atom is 0.356 e. The first-order chi connectivity index (χ1) is 66.8. The topological polar surface area (TPSA) is 431 Å². The highest BCUT2D eigenvalue weighted by atomic mass is 35.5. The molecule has 37 nitrogen and oxygen atoms in total. The molecule has 7 aromatic heterocycles. The predicted octanol–water partition coefficient (Wildman–Crippen LogP) is 19.8. The van der Waals surface area contributed by atoms with E-state index in [1.807, 2.05) is 318 Å². The van der Waals surface area contributed by atoms with Gasteiger partial charge in [-0.1, -0.05) is 54.1 Å². The molecule has 0 unspecified atom stereocenters. The molecule has 0 saturated carbocycles. The van der Waals surface area contributed by atoms with E-state index in [1.165, 1.54) is 44.0 Å². The Labute approximate surface area is 817 Å². The van der Waals surface area contributed by atoms with Crippen LogP contribution in [-0.2, 0) is 4.79 Å². The third-order valence-electron chi connectivity index (χ3n) is 20.1. The van der Waals surface area contributed by atoms with Gasteiger partial charge in [-0.05, 0) is 297 Å². The van der Waals surface area contributed by atoms with Crippen molar-refractivity contribution >= 4 is 126 Å². The van der Waals surface area contributed by atoms with Crippen molar-refractivity contribution in [2.45, 2.75) is 55.4 Å². The summed E-state index contributed by atoms with van der Waals surface area (Å²) in [5.41, 5.74) is 20.1. The third-order valence-corrected chi connectivity index (χ3v) is 20.3. The summed E-state index contributed by atoms with van der Waals surface area (Å²) in [6.07, 6.45) is 15.8. The highest BCUT2D eigenvalue weighted by Gasteiger charge is 2.18. The lowest BCUT2D eigenvalue weighted by molar-refractivity contribution is -0.598. The van der Waals surface area contributed by atoms with Crippen LogP contribution >= 0.6 is 11.6 Å². The van der Waals surface area contributed by atoms with E-state index in [9.17, 15) is 41.2 Å². The molecule has 7 heterocycles. The molecule has 0 fully saturated rings. The van der Waals surface area contributed by atoms with E-state index >= 15 is 0 Å². The van der Waals surface area contributed by atoms with E-state index in [-0.39, 0.29) is 23.4 Å². The lowest BCUT2D eigenvalue weighted by atomic mass is 9.94. The average Bonchev–Trinajstić information content (AvgIpc) is 0.806. The van der Waals surface area contributed by atoms with Crippen LogP contribution in [0, 0.1) is 79.9 Å². The second-order valence-electron chi connectivity index (χ2n) is 32.5. The second kappa shape index (κ2) is 51.6. The number of nitrogens with zero attached hydrogens (tertiary/aromatic N) is 28. The van der Waals surface area contributed by atoms with Gasteiger partial charge >= 0.3 is 29.1 Å². The summed E-state index contributed by atoms with van der Waals surface area (Å²) in [6.45, 7) is 14.3. The maximum atomic E-state index is 11.8. The molecule has 0 atom stereocenters. The number of hydrogen-bond acceptors (Lipinski definition) is 29. The Balaban J connectivity index is 0.000000183. The minimum absolute atomic E-state index is 0.195. The number of carbonyl (C=O) groups excluding carboxylic acids is 1. The number of nitrogens with one attached hydrogen (secondary N) is 1. The summed E-state index contributed by atoms with van der Waals surface area (Å²) in [5, 5.41) is 143.